The van der Waals surface area contributed by atoms with Crippen LogP contribution in [0.3, 0.4) is 0 Å². The molecule has 4 nitrogen and oxygen atoms in total. The summed E-state index contributed by atoms with van der Waals surface area (Å²) >= 11 is 6.00. The maximum Gasteiger partial charge on any atom is 0.251 e. The van der Waals surface area contributed by atoms with Gasteiger partial charge in [0.25, 0.3) is 5.91 Å². The van der Waals surface area contributed by atoms with Crippen LogP contribution < -0.4 is 5.32 Å². The molecular formula is C15H14ClNO3S. The highest BCUT2D eigenvalue weighted by molar-refractivity contribution is 7.91. The van der Waals surface area contributed by atoms with E-state index in [4.69, 9.17) is 11.6 Å². The highest BCUT2D eigenvalue weighted by Crippen LogP contribution is 2.20. The van der Waals surface area contributed by atoms with E-state index in [2.05, 4.69) is 5.32 Å². The van der Waals surface area contributed by atoms with Crippen molar-refractivity contribution in [3.63, 3.8) is 0 Å². The van der Waals surface area contributed by atoms with Gasteiger partial charge in [-0.25, -0.2) is 8.42 Å². The van der Waals surface area contributed by atoms with Crippen molar-refractivity contribution in [3.05, 3.63) is 48.0 Å². The third-order valence-corrected chi connectivity index (χ3v) is 5.99. The van der Waals surface area contributed by atoms with E-state index in [0.717, 1.165) is 10.8 Å². The lowest BCUT2D eigenvalue weighted by atomic mass is 10.1. The number of rotatable bonds is 2. The van der Waals surface area contributed by atoms with Gasteiger partial charge in [0.05, 0.1) is 22.9 Å². The minimum Gasteiger partial charge on any atom is -0.347 e. The molecule has 0 bridgehead atoms. The van der Waals surface area contributed by atoms with E-state index in [1.54, 1.807) is 12.1 Å². The smallest absolute Gasteiger partial charge is 0.251 e. The Hall–Kier alpha value is -1.59. The van der Waals surface area contributed by atoms with Crippen molar-refractivity contribution in [2.75, 3.05) is 11.5 Å². The van der Waals surface area contributed by atoms with Gasteiger partial charge >= 0.3 is 0 Å². The third-order valence-electron chi connectivity index (χ3n) is 3.61. The van der Waals surface area contributed by atoms with Crippen LogP contribution in [0.15, 0.2) is 42.5 Å². The summed E-state index contributed by atoms with van der Waals surface area (Å²) in [5, 5.41) is 4.16. The van der Waals surface area contributed by atoms with Crippen molar-refractivity contribution in [2.24, 2.45) is 0 Å². The quantitative estimate of drug-likeness (QED) is 0.859. The molecule has 0 aliphatic carbocycles. The van der Waals surface area contributed by atoms with Gasteiger partial charge in [0.15, 0.2) is 9.84 Å². The zero-order valence-corrected chi connectivity index (χ0v) is 12.7. The van der Waals surface area contributed by atoms with Crippen molar-refractivity contribution >= 4 is 38.1 Å². The van der Waals surface area contributed by atoms with Crippen LogP contribution in [-0.4, -0.2) is 37.2 Å². The average molecular weight is 324 g/mol. The summed E-state index contributed by atoms with van der Waals surface area (Å²) < 4.78 is 23.0. The zero-order chi connectivity index (χ0) is 15.0. The molecular weight excluding hydrogens is 310 g/mol. The molecule has 1 amide bonds. The Kier molecular flexibility index (Phi) is 3.63. The number of nitrogens with one attached hydrogen (secondary N) is 1. The Labute approximate surface area is 128 Å². The molecule has 3 rings (SSSR count). The molecule has 1 aliphatic heterocycles. The van der Waals surface area contributed by atoms with Crippen molar-refractivity contribution < 1.29 is 13.2 Å². The Morgan fingerprint density at radius 2 is 1.81 bits per heavy atom. The molecule has 0 saturated carbocycles. The number of carbonyl (C=O) groups excluding carboxylic acids is 1. The fraction of sp³-hybridized carbons (Fsp3) is 0.267. The van der Waals surface area contributed by atoms with Crippen LogP contribution in [0.2, 0.25) is 0 Å². The number of benzene rings is 2. The van der Waals surface area contributed by atoms with Gasteiger partial charge < -0.3 is 5.32 Å². The fourth-order valence-corrected chi connectivity index (χ4v) is 5.07. The molecule has 2 aromatic rings. The molecule has 1 fully saturated rings. The van der Waals surface area contributed by atoms with Crippen LogP contribution in [0, 0.1) is 0 Å². The Balaban J connectivity index is 1.81. The molecule has 0 aromatic heterocycles. The standard InChI is InChI=1S/C15H14ClNO3S/c16-13-8-21(19,20)9-14(13)17-15(18)12-6-5-10-3-1-2-4-11(10)7-12/h1-7,13-14H,8-9H2,(H,17,18). The summed E-state index contributed by atoms with van der Waals surface area (Å²) in [5.41, 5.74) is 0.502. The molecule has 1 N–H and O–H groups in total. The molecule has 1 heterocycles. The average Bonchev–Trinajstić information content (AvgIpc) is 2.70. The summed E-state index contributed by atoms with van der Waals surface area (Å²) in [4.78, 5) is 12.2. The van der Waals surface area contributed by atoms with Crippen molar-refractivity contribution in [2.45, 2.75) is 11.4 Å². The summed E-state index contributed by atoms with van der Waals surface area (Å²) in [6, 6.07) is 12.6. The van der Waals surface area contributed by atoms with Gasteiger partial charge in [-0.3, -0.25) is 4.79 Å². The third kappa shape index (κ3) is 3.04. The second-order valence-electron chi connectivity index (χ2n) is 5.23. The number of sulfone groups is 1. The van der Waals surface area contributed by atoms with Crippen molar-refractivity contribution in [1.82, 2.24) is 5.32 Å². The van der Waals surface area contributed by atoms with Crippen LogP contribution in [0.4, 0.5) is 0 Å². The number of hydrogen-bond acceptors (Lipinski definition) is 3. The first-order valence-corrected chi connectivity index (χ1v) is 8.84. The predicted molar refractivity (Wildman–Crippen MR) is 83.5 cm³/mol. The Morgan fingerprint density at radius 1 is 1.10 bits per heavy atom. The maximum atomic E-state index is 12.2. The minimum absolute atomic E-state index is 0.0861. The monoisotopic (exact) mass is 323 g/mol. The van der Waals surface area contributed by atoms with E-state index >= 15 is 0 Å². The molecule has 2 aromatic carbocycles. The van der Waals surface area contributed by atoms with E-state index in [-0.39, 0.29) is 17.4 Å². The van der Waals surface area contributed by atoms with Gasteiger partial charge in [0.2, 0.25) is 0 Å². The minimum atomic E-state index is -3.15. The summed E-state index contributed by atoms with van der Waals surface area (Å²) in [7, 11) is -3.15. The number of fused-ring (bicyclic) bond motifs is 1. The highest BCUT2D eigenvalue weighted by Gasteiger charge is 2.37. The van der Waals surface area contributed by atoms with Crippen molar-refractivity contribution in [1.29, 1.82) is 0 Å². The molecule has 110 valence electrons. The number of alkyl halides is 1. The van der Waals surface area contributed by atoms with Gasteiger partial charge in [-0.15, -0.1) is 11.6 Å². The molecule has 21 heavy (non-hydrogen) atoms. The van der Waals surface area contributed by atoms with E-state index < -0.39 is 21.3 Å². The first-order valence-electron chi connectivity index (χ1n) is 6.59. The number of amides is 1. The topological polar surface area (TPSA) is 63.2 Å². The lowest BCUT2D eigenvalue weighted by Gasteiger charge is -2.14. The Bertz CT molecular complexity index is 803. The number of hydrogen-bond donors (Lipinski definition) is 1. The van der Waals surface area contributed by atoms with Crippen LogP contribution >= 0.6 is 11.6 Å². The first kappa shape index (κ1) is 14.4. The molecule has 1 saturated heterocycles. The summed E-state index contributed by atoms with van der Waals surface area (Å²) in [5.74, 6) is -0.481. The van der Waals surface area contributed by atoms with E-state index in [9.17, 15) is 13.2 Å². The Morgan fingerprint density at radius 3 is 2.48 bits per heavy atom. The molecule has 2 atom stereocenters. The van der Waals surface area contributed by atoms with Gasteiger partial charge in [0, 0.05) is 5.56 Å². The van der Waals surface area contributed by atoms with Crippen molar-refractivity contribution in [3.8, 4) is 0 Å². The summed E-state index contributed by atoms with van der Waals surface area (Å²) in [6.07, 6.45) is 0. The van der Waals surface area contributed by atoms with E-state index in [0.29, 0.717) is 5.56 Å². The predicted octanol–water partition coefficient (Wildman–Crippen LogP) is 1.97. The van der Waals surface area contributed by atoms with Gasteiger partial charge in [-0.1, -0.05) is 30.3 Å². The molecule has 0 radical (unpaired) electrons. The second kappa shape index (κ2) is 5.31. The van der Waals surface area contributed by atoms with Gasteiger partial charge in [0.1, 0.15) is 0 Å². The van der Waals surface area contributed by atoms with Crippen LogP contribution in [0.25, 0.3) is 10.8 Å². The maximum absolute atomic E-state index is 12.2. The van der Waals surface area contributed by atoms with Gasteiger partial charge in [-0.05, 0) is 22.9 Å². The van der Waals surface area contributed by atoms with E-state index in [1.807, 2.05) is 30.3 Å². The highest BCUT2D eigenvalue weighted by atomic mass is 35.5. The molecule has 6 heteroatoms. The number of carbonyl (C=O) groups is 1. The summed E-state index contributed by atoms with van der Waals surface area (Å²) in [6.45, 7) is 0. The normalized spacial score (nSPS) is 24.0. The number of halogens is 1. The lowest BCUT2D eigenvalue weighted by Crippen LogP contribution is -2.40. The molecule has 2 unspecified atom stereocenters. The van der Waals surface area contributed by atoms with Crippen LogP contribution in [0.5, 0.6) is 0 Å². The second-order valence-corrected chi connectivity index (χ2v) is 7.95. The lowest BCUT2D eigenvalue weighted by molar-refractivity contribution is 0.0941. The molecule has 1 aliphatic rings. The van der Waals surface area contributed by atoms with Crippen LogP contribution in [-0.2, 0) is 9.84 Å². The SMILES string of the molecule is O=C(NC1CS(=O)(=O)CC1Cl)c1ccc2ccccc2c1. The first-order chi connectivity index (χ1) is 9.94. The van der Waals surface area contributed by atoms with Crippen LogP contribution in [0.1, 0.15) is 10.4 Å². The van der Waals surface area contributed by atoms with Gasteiger partial charge in [-0.2, -0.15) is 0 Å². The molecule has 0 spiro atoms. The zero-order valence-electron chi connectivity index (χ0n) is 11.1. The largest absolute Gasteiger partial charge is 0.347 e. The van der Waals surface area contributed by atoms with E-state index in [1.165, 1.54) is 0 Å². The fourth-order valence-electron chi connectivity index (χ4n) is 2.52.